The lowest BCUT2D eigenvalue weighted by Crippen LogP contribution is -2.34. The molecular weight excluding hydrogens is 328 g/mol. The number of fused-ring (bicyclic) bond motifs is 2. The zero-order valence-electron chi connectivity index (χ0n) is 15.8. The summed E-state index contributed by atoms with van der Waals surface area (Å²) in [6.45, 7) is 0.979. The predicted octanol–water partition coefficient (Wildman–Crippen LogP) is 4.98. The maximum Gasteiger partial charge on any atom is 0.208 e. The van der Waals surface area contributed by atoms with Gasteiger partial charge in [0.05, 0.1) is 6.42 Å². The molecule has 3 aromatic rings. The molecule has 0 aliphatic carbocycles. The second-order valence-corrected chi connectivity index (χ2v) is 7.74. The van der Waals surface area contributed by atoms with Crippen molar-refractivity contribution in [2.45, 2.75) is 31.8 Å². The Morgan fingerprint density at radius 2 is 1.56 bits per heavy atom. The van der Waals surface area contributed by atoms with Gasteiger partial charge in [-0.25, -0.2) is 4.58 Å². The molecule has 0 saturated carbocycles. The Kier molecular flexibility index (Phi) is 4.05. The summed E-state index contributed by atoms with van der Waals surface area (Å²) in [7, 11) is 2.23. The van der Waals surface area contributed by atoms with E-state index in [9.17, 15) is 0 Å². The zero-order valence-corrected chi connectivity index (χ0v) is 15.8. The average Bonchev–Trinajstić information content (AvgIpc) is 3.21. The van der Waals surface area contributed by atoms with Crippen LogP contribution in [-0.4, -0.2) is 23.4 Å². The van der Waals surface area contributed by atoms with Crippen LogP contribution in [0.3, 0.4) is 0 Å². The Hall–Kier alpha value is -2.87. The van der Waals surface area contributed by atoms with E-state index < -0.39 is 0 Å². The van der Waals surface area contributed by atoms with Gasteiger partial charge in [0.1, 0.15) is 7.05 Å². The second-order valence-electron chi connectivity index (χ2n) is 7.74. The number of rotatable bonds is 4. The number of anilines is 1. The van der Waals surface area contributed by atoms with Gasteiger partial charge >= 0.3 is 0 Å². The minimum absolute atomic E-state index is 0.523. The fraction of sp³-hybridized carbons (Fsp3) is 0.240. The van der Waals surface area contributed by atoms with Crippen molar-refractivity contribution in [3.8, 4) is 0 Å². The highest BCUT2D eigenvalue weighted by Crippen LogP contribution is 2.36. The Morgan fingerprint density at radius 1 is 0.852 bits per heavy atom. The van der Waals surface area contributed by atoms with Crippen molar-refractivity contribution in [1.29, 1.82) is 0 Å². The zero-order chi connectivity index (χ0) is 18.2. The van der Waals surface area contributed by atoms with E-state index in [1.807, 2.05) is 0 Å². The van der Waals surface area contributed by atoms with Gasteiger partial charge in [-0.2, -0.15) is 0 Å². The standard InChI is InChI=1S/C25H25N2/c1-26-22(15-20-11-5-7-13-24(20)26)17-23-16-21-12-6-8-14-25(21)27(23)18-19-9-3-2-4-10-19/h2-14,23H,15-18H2,1H3/q+1. The van der Waals surface area contributed by atoms with Crippen molar-refractivity contribution in [2.24, 2.45) is 0 Å². The van der Waals surface area contributed by atoms with Crippen molar-refractivity contribution < 1.29 is 4.58 Å². The molecule has 2 heterocycles. The maximum atomic E-state index is 2.62. The van der Waals surface area contributed by atoms with Crippen LogP contribution in [0.1, 0.15) is 23.1 Å². The molecule has 0 bridgehead atoms. The molecule has 0 saturated heterocycles. The first kappa shape index (κ1) is 16.3. The van der Waals surface area contributed by atoms with E-state index in [2.05, 4.69) is 95.4 Å². The van der Waals surface area contributed by atoms with Gasteiger partial charge in [-0.1, -0.05) is 66.7 Å². The van der Waals surface area contributed by atoms with E-state index in [1.165, 1.54) is 33.8 Å². The summed E-state index contributed by atoms with van der Waals surface area (Å²) >= 11 is 0. The third-order valence-corrected chi connectivity index (χ3v) is 6.09. The summed E-state index contributed by atoms with van der Waals surface area (Å²) in [5.74, 6) is 0. The van der Waals surface area contributed by atoms with Crippen LogP contribution < -0.4 is 4.90 Å². The van der Waals surface area contributed by atoms with Crippen LogP contribution in [0, 0.1) is 0 Å². The van der Waals surface area contributed by atoms with Gasteiger partial charge in [0.15, 0.2) is 5.71 Å². The molecule has 27 heavy (non-hydrogen) atoms. The third kappa shape index (κ3) is 2.95. The van der Waals surface area contributed by atoms with Gasteiger partial charge in [0.25, 0.3) is 0 Å². The molecule has 2 aliphatic heterocycles. The number of para-hydroxylation sites is 2. The Bertz CT molecular complexity index is 1000. The lowest BCUT2D eigenvalue weighted by molar-refractivity contribution is -0.403. The highest BCUT2D eigenvalue weighted by Gasteiger charge is 2.34. The summed E-state index contributed by atoms with van der Waals surface area (Å²) in [4.78, 5) is 2.62. The highest BCUT2D eigenvalue weighted by molar-refractivity contribution is 5.88. The molecule has 0 spiro atoms. The van der Waals surface area contributed by atoms with Gasteiger partial charge in [0, 0.05) is 36.3 Å². The Morgan fingerprint density at radius 3 is 2.37 bits per heavy atom. The first-order chi connectivity index (χ1) is 13.3. The molecule has 1 atom stereocenters. The van der Waals surface area contributed by atoms with E-state index in [0.717, 1.165) is 25.8 Å². The second kappa shape index (κ2) is 6.70. The van der Waals surface area contributed by atoms with E-state index in [0.29, 0.717) is 6.04 Å². The number of hydrogen-bond acceptors (Lipinski definition) is 1. The van der Waals surface area contributed by atoms with E-state index in [-0.39, 0.29) is 0 Å². The fourth-order valence-electron chi connectivity index (χ4n) is 4.68. The highest BCUT2D eigenvalue weighted by atomic mass is 15.2. The molecular formula is C25H25N2+. The van der Waals surface area contributed by atoms with Crippen LogP contribution in [-0.2, 0) is 19.4 Å². The molecule has 0 amide bonds. The smallest absolute Gasteiger partial charge is 0.208 e. The van der Waals surface area contributed by atoms with E-state index in [1.54, 1.807) is 0 Å². The first-order valence-electron chi connectivity index (χ1n) is 9.84. The molecule has 134 valence electrons. The Balaban J connectivity index is 1.44. The van der Waals surface area contributed by atoms with Crippen LogP contribution in [0.5, 0.6) is 0 Å². The molecule has 2 aliphatic rings. The number of hydrogen-bond donors (Lipinski definition) is 0. The van der Waals surface area contributed by atoms with E-state index in [4.69, 9.17) is 0 Å². The summed E-state index contributed by atoms with van der Waals surface area (Å²) in [5, 5.41) is 0. The molecule has 3 aromatic carbocycles. The monoisotopic (exact) mass is 353 g/mol. The number of nitrogens with zero attached hydrogens (tertiary/aromatic N) is 2. The quantitative estimate of drug-likeness (QED) is 0.600. The molecule has 0 N–H and O–H groups in total. The predicted molar refractivity (Wildman–Crippen MR) is 112 cm³/mol. The topological polar surface area (TPSA) is 6.25 Å². The largest absolute Gasteiger partial charge is 0.363 e. The average molecular weight is 353 g/mol. The lowest BCUT2D eigenvalue weighted by Gasteiger charge is -2.27. The van der Waals surface area contributed by atoms with E-state index >= 15 is 0 Å². The number of benzene rings is 3. The minimum Gasteiger partial charge on any atom is -0.363 e. The summed E-state index contributed by atoms with van der Waals surface area (Å²) in [6, 6.07) is 29.1. The maximum absolute atomic E-state index is 2.62. The first-order valence-corrected chi connectivity index (χ1v) is 9.84. The van der Waals surface area contributed by atoms with Crippen LogP contribution >= 0.6 is 0 Å². The van der Waals surface area contributed by atoms with Gasteiger partial charge in [-0.15, -0.1) is 0 Å². The van der Waals surface area contributed by atoms with Crippen molar-refractivity contribution in [2.75, 3.05) is 11.9 Å². The molecule has 2 heteroatoms. The van der Waals surface area contributed by atoms with Gasteiger partial charge in [-0.3, -0.25) is 0 Å². The van der Waals surface area contributed by atoms with Crippen LogP contribution in [0.2, 0.25) is 0 Å². The summed E-state index contributed by atoms with van der Waals surface area (Å²) < 4.78 is 2.42. The molecule has 0 radical (unpaired) electrons. The van der Waals surface area contributed by atoms with Crippen LogP contribution in [0.4, 0.5) is 11.4 Å². The molecule has 5 rings (SSSR count). The minimum atomic E-state index is 0.523. The van der Waals surface area contributed by atoms with Crippen molar-refractivity contribution in [1.82, 2.24) is 0 Å². The van der Waals surface area contributed by atoms with Gasteiger partial charge in [-0.05, 0) is 23.6 Å². The van der Waals surface area contributed by atoms with Gasteiger partial charge < -0.3 is 4.90 Å². The molecule has 0 aromatic heterocycles. The summed E-state index contributed by atoms with van der Waals surface area (Å²) in [6.07, 6.45) is 3.34. The van der Waals surface area contributed by atoms with Crippen molar-refractivity contribution in [3.05, 3.63) is 95.6 Å². The van der Waals surface area contributed by atoms with Crippen LogP contribution in [0.15, 0.2) is 78.9 Å². The molecule has 1 unspecified atom stereocenters. The lowest BCUT2D eigenvalue weighted by atomic mass is 10.0. The third-order valence-electron chi connectivity index (χ3n) is 6.09. The normalized spacial score (nSPS) is 18.0. The molecule has 0 fully saturated rings. The van der Waals surface area contributed by atoms with Crippen molar-refractivity contribution >= 4 is 17.1 Å². The fourth-order valence-corrected chi connectivity index (χ4v) is 4.68. The SMILES string of the molecule is C[N+]1=C(CC2Cc3ccccc3N2Cc2ccccc2)Cc2ccccc21. The molecule has 2 nitrogen and oxygen atoms in total. The summed E-state index contributed by atoms with van der Waals surface area (Å²) in [5.41, 5.74) is 8.64. The Labute approximate surface area is 161 Å². The van der Waals surface area contributed by atoms with Crippen LogP contribution in [0.25, 0.3) is 0 Å². The van der Waals surface area contributed by atoms with Gasteiger partial charge in [0.2, 0.25) is 5.69 Å². The van der Waals surface area contributed by atoms with Crippen molar-refractivity contribution in [3.63, 3.8) is 0 Å².